The minimum atomic E-state index is -3.54. The van der Waals surface area contributed by atoms with Crippen LogP contribution in [0.3, 0.4) is 0 Å². The van der Waals surface area contributed by atoms with E-state index in [1.165, 1.54) is 30.0 Å². The molecule has 0 saturated carbocycles. The molecule has 0 saturated heterocycles. The summed E-state index contributed by atoms with van der Waals surface area (Å²) in [6.07, 6.45) is 0.186. The highest BCUT2D eigenvalue weighted by molar-refractivity contribution is 7.89. The number of nitrogens with zero attached hydrogens (tertiary/aromatic N) is 1. The van der Waals surface area contributed by atoms with E-state index < -0.39 is 27.8 Å². The van der Waals surface area contributed by atoms with E-state index in [1.54, 1.807) is 20.0 Å². The van der Waals surface area contributed by atoms with Crippen molar-refractivity contribution in [3.05, 3.63) is 52.3 Å². The van der Waals surface area contributed by atoms with Crippen LogP contribution in [0.2, 0.25) is 5.02 Å². The lowest BCUT2D eigenvalue weighted by Crippen LogP contribution is -2.51. The van der Waals surface area contributed by atoms with E-state index in [4.69, 9.17) is 16.3 Å². The minimum Gasteiger partial charge on any atom is -0.453 e. The number of anilines is 1. The zero-order valence-corrected chi connectivity index (χ0v) is 17.2. The molecule has 0 spiro atoms. The summed E-state index contributed by atoms with van der Waals surface area (Å²) in [7, 11) is -1.99. The molecule has 2 aromatic carbocycles. The molecule has 2 aromatic rings. The number of fused-ring (bicyclic) bond motifs is 1. The maximum Gasteiger partial charge on any atom is 0.245 e. The molecule has 1 amide bonds. The van der Waals surface area contributed by atoms with E-state index in [0.29, 0.717) is 11.4 Å². The summed E-state index contributed by atoms with van der Waals surface area (Å²) < 4.78 is 45.7. The van der Waals surface area contributed by atoms with Crippen LogP contribution in [0.4, 0.5) is 10.1 Å². The molecule has 0 fully saturated rings. The van der Waals surface area contributed by atoms with Crippen LogP contribution in [0.15, 0.2) is 30.3 Å². The first-order valence-corrected chi connectivity index (χ1v) is 10.7. The van der Waals surface area contributed by atoms with Crippen LogP contribution in [-0.4, -0.2) is 33.2 Å². The topological polar surface area (TPSA) is 75.7 Å². The second kappa shape index (κ2) is 7.69. The average Bonchev–Trinajstić information content (AvgIpc) is 2.64. The van der Waals surface area contributed by atoms with Crippen LogP contribution in [0, 0.1) is 12.7 Å². The van der Waals surface area contributed by atoms with Gasteiger partial charge in [0.15, 0.2) is 5.75 Å². The van der Waals surface area contributed by atoms with E-state index >= 15 is 0 Å². The van der Waals surface area contributed by atoms with Gasteiger partial charge in [-0.2, -0.15) is 0 Å². The quantitative estimate of drug-likeness (QED) is 0.795. The van der Waals surface area contributed by atoms with Crippen LogP contribution < -0.4 is 14.4 Å². The number of aryl methyl sites for hydroxylation is 1. The highest BCUT2D eigenvalue weighted by atomic mass is 35.5. The number of sulfonamides is 1. The van der Waals surface area contributed by atoms with Crippen LogP contribution >= 0.6 is 11.6 Å². The molecule has 1 aliphatic rings. The van der Waals surface area contributed by atoms with Crippen LogP contribution in [-0.2, 0) is 21.2 Å². The molecule has 1 aliphatic heterocycles. The highest BCUT2D eigenvalue weighted by Crippen LogP contribution is 2.42. The van der Waals surface area contributed by atoms with Gasteiger partial charge in [-0.15, -0.1) is 0 Å². The molecule has 6 nitrogen and oxygen atoms in total. The molecule has 0 unspecified atom stereocenters. The van der Waals surface area contributed by atoms with E-state index in [9.17, 15) is 17.6 Å². The lowest BCUT2D eigenvalue weighted by atomic mass is 9.96. The maximum atomic E-state index is 13.6. The van der Waals surface area contributed by atoms with E-state index in [-0.39, 0.29) is 22.9 Å². The van der Waals surface area contributed by atoms with Gasteiger partial charge in [0.05, 0.1) is 16.5 Å². The Labute approximate surface area is 168 Å². The summed E-state index contributed by atoms with van der Waals surface area (Å²) in [5, 5.41) is 0.233. The molecule has 0 aromatic heterocycles. The summed E-state index contributed by atoms with van der Waals surface area (Å²) in [4.78, 5) is 14.1. The van der Waals surface area contributed by atoms with E-state index in [2.05, 4.69) is 4.72 Å². The predicted octanol–water partition coefficient (Wildman–Crippen LogP) is 3.41. The lowest BCUT2D eigenvalue weighted by Gasteiger charge is -2.33. The monoisotopic (exact) mass is 426 g/mol. The SMILES string of the molecule is CCS(=O)(=O)N[C@@H]1Cc2ccc(C)c(Oc3cc(F)ccc3Cl)c2N(C)C1=O. The summed E-state index contributed by atoms with van der Waals surface area (Å²) in [5.74, 6) is -0.510. The first kappa shape index (κ1) is 20.6. The van der Waals surface area contributed by atoms with Crippen molar-refractivity contribution in [2.24, 2.45) is 0 Å². The largest absolute Gasteiger partial charge is 0.453 e. The zero-order chi connectivity index (χ0) is 20.6. The normalized spacial score (nSPS) is 16.8. The smallest absolute Gasteiger partial charge is 0.245 e. The summed E-state index contributed by atoms with van der Waals surface area (Å²) in [5.41, 5.74) is 1.97. The number of halogens is 2. The molecule has 9 heteroatoms. The number of nitrogens with one attached hydrogen (secondary N) is 1. The molecular weight excluding hydrogens is 407 g/mol. The van der Waals surface area contributed by atoms with Gasteiger partial charge < -0.3 is 9.64 Å². The molecule has 1 atom stereocenters. The molecule has 28 heavy (non-hydrogen) atoms. The van der Waals surface area contributed by atoms with Gasteiger partial charge in [-0.3, -0.25) is 4.79 Å². The Balaban J connectivity index is 2.03. The van der Waals surface area contributed by atoms with Crippen LogP contribution in [0.25, 0.3) is 0 Å². The minimum absolute atomic E-state index is 0.117. The Morgan fingerprint density at radius 3 is 2.71 bits per heavy atom. The van der Waals surface area contributed by atoms with Gasteiger partial charge in [0.1, 0.15) is 17.6 Å². The van der Waals surface area contributed by atoms with Crippen molar-refractivity contribution in [3.8, 4) is 11.5 Å². The first-order valence-electron chi connectivity index (χ1n) is 8.66. The van der Waals surface area contributed by atoms with E-state index in [1.807, 2.05) is 6.07 Å². The number of ether oxygens (including phenoxy) is 1. The van der Waals surface area contributed by atoms with Crippen LogP contribution in [0.1, 0.15) is 18.1 Å². The molecule has 0 bridgehead atoms. The maximum absolute atomic E-state index is 13.6. The van der Waals surface area contributed by atoms with Gasteiger partial charge in [0.25, 0.3) is 0 Å². The van der Waals surface area contributed by atoms with Crippen molar-refractivity contribution >= 4 is 33.2 Å². The summed E-state index contributed by atoms with van der Waals surface area (Å²) >= 11 is 6.11. The van der Waals surface area contributed by atoms with Gasteiger partial charge in [0, 0.05) is 13.1 Å². The number of carbonyl (C=O) groups excluding carboxylic acids is 1. The molecule has 3 rings (SSSR count). The third kappa shape index (κ3) is 3.99. The molecule has 0 aliphatic carbocycles. The molecule has 0 radical (unpaired) electrons. The second-order valence-corrected chi connectivity index (χ2v) is 9.02. The molecule has 1 heterocycles. The Kier molecular flexibility index (Phi) is 5.65. The Morgan fingerprint density at radius 1 is 1.32 bits per heavy atom. The Hall–Kier alpha value is -2.16. The highest BCUT2D eigenvalue weighted by Gasteiger charge is 2.35. The van der Waals surface area contributed by atoms with Crippen molar-refractivity contribution in [1.82, 2.24) is 4.72 Å². The van der Waals surface area contributed by atoms with Crippen molar-refractivity contribution in [1.29, 1.82) is 0 Å². The number of carbonyl (C=O) groups is 1. The van der Waals surface area contributed by atoms with Gasteiger partial charge >= 0.3 is 0 Å². The van der Waals surface area contributed by atoms with Crippen molar-refractivity contribution < 1.29 is 22.3 Å². The number of amides is 1. The number of likely N-dealkylation sites (N-methyl/N-ethyl adjacent to an activating group) is 1. The average molecular weight is 427 g/mol. The number of hydrogen-bond acceptors (Lipinski definition) is 4. The standard InChI is InChI=1S/C19H20ClFN2O4S/c1-4-28(25,26)22-15-9-12-6-5-11(2)18(17(12)23(3)19(15)24)27-16-10-13(21)7-8-14(16)20/h5-8,10,15,22H,4,9H2,1-3H3/t15-/m1/s1. The fourth-order valence-corrected chi connectivity index (χ4v) is 4.02. The second-order valence-electron chi connectivity index (χ2n) is 6.57. The Morgan fingerprint density at radius 2 is 2.04 bits per heavy atom. The fraction of sp³-hybridized carbons (Fsp3) is 0.316. The van der Waals surface area contributed by atoms with E-state index in [0.717, 1.165) is 11.1 Å². The first-order chi connectivity index (χ1) is 13.1. The molecular formula is C19H20ClFN2O4S. The van der Waals surface area contributed by atoms with Crippen molar-refractivity contribution in [3.63, 3.8) is 0 Å². The van der Waals surface area contributed by atoms with Crippen molar-refractivity contribution in [2.75, 3.05) is 17.7 Å². The van der Waals surface area contributed by atoms with Gasteiger partial charge in [0.2, 0.25) is 15.9 Å². The van der Waals surface area contributed by atoms with Gasteiger partial charge in [-0.1, -0.05) is 23.7 Å². The molecule has 150 valence electrons. The molecule has 1 N–H and O–H groups in total. The third-order valence-electron chi connectivity index (χ3n) is 4.61. The number of rotatable bonds is 5. The van der Waals surface area contributed by atoms with Crippen molar-refractivity contribution in [2.45, 2.75) is 26.3 Å². The zero-order valence-electron chi connectivity index (χ0n) is 15.6. The van der Waals surface area contributed by atoms with Crippen LogP contribution in [0.5, 0.6) is 11.5 Å². The third-order valence-corrected chi connectivity index (χ3v) is 6.32. The Bertz CT molecular complexity index is 1040. The van der Waals surface area contributed by atoms with Gasteiger partial charge in [-0.05, 0) is 43.5 Å². The number of benzene rings is 2. The lowest BCUT2D eigenvalue weighted by molar-refractivity contribution is -0.120. The summed E-state index contributed by atoms with van der Waals surface area (Å²) in [6, 6.07) is 6.52. The number of hydrogen-bond donors (Lipinski definition) is 1. The summed E-state index contributed by atoms with van der Waals surface area (Å²) in [6.45, 7) is 3.30. The fourth-order valence-electron chi connectivity index (χ4n) is 3.08. The predicted molar refractivity (Wildman–Crippen MR) is 106 cm³/mol. The van der Waals surface area contributed by atoms with Gasteiger partial charge in [-0.25, -0.2) is 17.5 Å².